The third kappa shape index (κ3) is 0.890. The topological polar surface area (TPSA) is 34.1 Å². The Morgan fingerprint density at radius 2 is 1.69 bits per heavy atom. The second-order valence-corrected chi connectivity index (χ2v) is 4.82. The van der Waals surface area contributed by atoms with Gasteiger partial charge in [0.15, 0.2) is 0 Å². The maximum Gasteiger partial charge on any atom is 0.137 e. The number of carbonyl (C=O) groups excluding carboxylic acids is 2. The van der Waals surface area contributed by atoms with Crippen LogP contribution in [0.1, 0.15) is 32.1 Å². The molecule has 3 saturated carbocycles. The van der Waals surface area contributed by atoms with Crippen molar-refractivity contribution in [2.75, 3.05) is 0 Å². The molecule has 0 spiro atoms. The number of carbonyl (C=O) groups is 2. The van der Waals surface area contributed by atoms with Gasteiger partial charge in [-0.05, 0) is 24.7 Å². The van der Waals surface area contributed by atoms with Gasteiger partial charge in [0, 0.05) is 24.7 Å². The Morgan fingerprint density at radius 1 is 0.923 bits per heavy atom. The lowest BCUT2D eigenvalue weighted by Crippen LogP contribution is -2.25. The molecule has 0 amide bonds. The van der Waals surface area contributed by atoms with E-state index < -0.39 is 0 Å². The zero-order valence-electron chi connectivity index (χ0n) is 7.66. The standard InChI is InChI=1S/C11H14O2/c12-9-4-6-2-1-3-7-10(13)5-8(9)11(6)7/h6-8,11H,1-5H2/t6-,7+,8+,11-/m1/s1. The van der Waals surface area contributed by atoms with Crippen molar-refractivity contribution in [2.24, 2.45) is 23.7 Å². The summed E-state index contributed by atoms with van der Waals surface area (Å²) in [6.45, 7) is 0. The Labute approximate surface area is 77.7 Å². The molecule has 4 atom stereocenters. The van der Waals surface area contributed by atoms with Gasteiger partial charge in [0.2, 0.25) is 0 Å². The zero-order valence-corrected chi connectivity index (χ0v) is 7.66. The molecule has 3 aliphatic rings. The van der Waals surface area contributed by atoms with Crippen LogP contribution in [0.15, 0.2) is 0 Å². The van der Waals surface area contributed by atoms with Crippen molar-refractivity contribution in [3.05, 3.63) is 0 Å². The summed E-state index contributed by atoms with van der Waals surface area (Å²) in [6, 6.07) is 0. The van der Waals surface area contributed by atoms with Crippen molar-refractivity contribution in [3.63, 3.8) is 0 Å². The summed E-state index contributed by atoms with van der Waals surface area (Å²) < 4.78 is 0. The molecule has 2 heteroatoms. The fourth-order valence-electron chi connectivity index (χ4n) is 3.78. The van der Waals surface area contributed by atoms with Crippen LogP contribution in [0.4, 0.5) is 0 Å². The van der Waals surface area contributed by atoms with Gasteiger partial charge in [0.1, 0.15) is 11.6 Å². The minimum absolute atomic E-state index is 0.141. The fraction of sp³-hybridized carbons (Fsp3) is 0.818. The molecule has 2 nitrogen and oxygen atoms in total. The van der Waals surface area contributed by atoms with Crippen LogP contribution in [0, 0.1) is 23.7 Å². The van der Waals surface area contributed by atoms with E-state index in [0.717, 1.165) is 19.3 Å². The maximum absolute atomic E-state index is 11.6. The van der Waals surface area contributed by atoms with Crippen molar-refractivity contribution >= 4 is 11.6 Å². The molecule has 0 bridgehead atoms. The molecule has 0 N–H and O–H groups in total. The Balaban J connectivity index is 1.99. The van der Waals surface area contributed by atoms with Crippen LogP contribution in [-0.4, -0.2) is 11.6 Å². The largest absolute Gasteiger partial charge is 0.299 e. The molecule has 0 heterocycles. The number of ketones is 2. The van der Waals surface area contributed by atoms with Gasteiger partial charge in [-0.2, -0.15) is 0 Å². The molecule has 3 aliphatic carbocycles. The highest BCUT2D eigenvalue weighted by molar-refractivity contribution is 5.95. The second-order valence-electron chi connectivity index (χ2n) is 4.82. The van der Waals surface area contributed by atoms with E-state index in [2.05, 4.69) is 0 Å². The SMILES string of the molecule is O=C1C[C@H]2C(=O)C[C@H]3CCC[C@@H]1[C@@H]32. The van der Waals surface area contributed by atoms with Crippen molar-refractivity contribution in [3.8, 4) is 0 Å². The summed E-state index contributed by atoms with van der Waals surface area (Å²) >= 11 is 0. The second kappa shape index (κ2) is 2.43. The van der Waals surface area contributed by atoms with Gasteiger partial charge in [0.05, 0.1) is 0 Å². The van der Waals surface area contributed by atoms with Crippen LogP contribution in [0.25, 0.3) is 0 Å². The normalized spacial score (nSPS) is 48.3. The lowest BCUT2D eigenvalue weighted by Gasteiger charge is -2.29. The van der Waals surface area contributed by atoms with Crippen LogP contribution < -0.4 is 0 Å². The summed E-state index contributed by atoms with van der Waals surface area (Å²) in [4.78, 5) is 23.2. The first kappa shape index (κ1) is 7.72. The van der Waals surface area contributed by atoms with Crippen LogP contribution in [0.5, 0.6) is 0 Å². The number of rotatable bonds is 0. The fourth-order valence-corrected chi connectivity index (χ4v) is 3.78. The highest BCUT2D eigenvalue weighted by Crippen LogP contribution is 2.53. The van der Waals surface area contributed by atoms with Gasteiger partial charge in [-0.3, -0.25) is 9.59 Å². The van der Waals surface area contributed by atoms with E-state index >= 15 is 0 Å². The molecular weight excluding hydrogens is 164 g/mol. The zero-order chi connectivity index (χ0) is 9.00. The third-order valence-corrected chi connectivity index (χ3v) is 4.28. The highest BCUT2D eigenvalue weighted by atomic mass is 16.1. The van der Waals surface area contributed by atoms with Gasteiger partial charge in [-0.25, -0.2) is 0 Å². The average Bonchev–Trinajstić information content (AvgIpc) is 2.59. The van der Waals surface area contributed by atoms with Crippen LogP contribution in [-0.2, 0) is 9.59 Å². The molecule has 70 valence electrons. The number of hydrogen-bond acceptors (Lipinski definition) is 2. The summed E-state index contributed by atoms with van der Waals surface area (Å²) in [5.74, 6) is 2.22. The van der Waals surface area contributed by atoms with Gasteiger partial charge >= 0.3 is 0 Å². The third-order valence-electron chi connectivity index (χ3n) is 4.28. The minimum Gasteiger partial charge on any atom is -0.299 e. The van der Waals surface area contributed by atoms with E-state index in [1.165, 1.54) is 6.42 Å². The Bertz CT molecular complexity index is 280. The summed E-state index contributed by atoms with van der Waals surface area (Å²) in [7, 11) is 0. The molecule has 0 aromatic carbocycles. The lowest BCUT2D eigenvalue weighted by molar-refractivity contribution is -0.125. The molecule has 0 radical (unpaired) electrons. The summed E-state index contributed by atoms with van der Waals surface area (Å²) in [5.41, 5.74) is 0. The predicted molar refractivity (Wildman–Crippen MR) is 47.1 cm³/mol. The van der Waals surface area contributed by atoms with Crippen molar-refractivity contribution in [2.45, 2.75) is 32.1 Å². The molecule has 0 aromatic rings. The van der Waals surface area contributed by atoms with E-state index in [1.54, 1.807) is 0 Å². The average molecular weight is 178 g/mol. The van der Waals surface area contributed by atoms with Crippen molar-refractivity contribution < 1.29 is 9.59 Å². The molecular formula is C11H14O2. The highest BCUT2D eigenvalue weighted by Gasteiger charge is 2.54. The van der Waals surface area contributed by atoms with E-state index in [-0.39, 0.29) is 11.8 Å². The Kier molecular flexibility index (Phi) is 1.44. The van der Waals surface area contributed by atoms with E-state index in [0.29, 0.717) is 29.8 Å². The molecule has 3 rings (SSSR count). The molecule has 0 aromatic heterocycles. The van der Waals surface area contributed by atoms with E-state index in [9.17, 15) is 9.59 Å². The van der Waals surface area contributed by atoms with Crippen LogP contribution in [0.2, 0.25) is 0 Å². The van der Waals surface area contributed by atoms with Crippen LogP contribution in [0.3, 0.4) is 0 Å². The number of hydrogen-bond donors (Lipinski definition) is 0. The predicted octanol–water partition coefficient (Wildman–Crippen LogP) is 1.58. The van der Waals surface area contributed by atoms with E-state index in [4.69, 9.17) is 0 Å². The number of Topliss-reactive ketones (excluding diaryl/α,β-unsaturated/α-hetero) is 2. The van der Waals surface area contributed by atoms with Gasteiger partial charge in [-0.15, -0.1) is 0 Å². The molecule has 13 heavy (non-hydrogen) atoms. The van der Waals surface area contributed by atoms with Gasteiger partial charge < -0.3 is 0 Å². The Hall–Kier alpha value is -0.660. The summed E-state index contributed by atoms with van der Waals surface area (Å²) in [5, 5.41) is 0. The van der Waals surface area contributed by atoms with Crippen molar-refractivity contribution in [1.29, 1.82) is 0 Å². The molecule has 0 unspecified atom stereocenters. The minimum atomic E-state index is 0.141. The monoisotopic (exact) mass is 178 g/mol. The van der Waals surface area contributed by atoms with E-state index in [1.807, 2.05) is 0 Å². The smallest absolute Gasteiger partial charge is 0.137 e. The van der Waals surface area contributed by atoms with Crippen molar-refractivity contribution in [1.82, 2.24) is 0 Å². The van der Waals surface area contributed by atoms with Gasteiger partial charge in [-0.1, -0.05) is 6.42 Å². The van der Waals surface area contributed by atoms with Gasteiger partial charge in [0.25, 0.3) is 0 Å². The summed E-state index contributed by atoms with van der Waals surface area (Å²) in [6.07, 6.45) is 4.77. The first-order chi connectivity index (χ1) is 6.27. The lowest BCUT2D eigenvalue weighted by atomic mass is 9.74. The Morgan fingerprint density at radius 3 is 2.54 bits per heavy atom. The molecule has 0 aliphatic heterocycles. The first-order valence-corrected chi connectivity index (χ1v) is 5.33. The quantitative estimate of drug-likeness (QED) is 0.564. The maximum atomic E-state index is 11.6. The first-order valence-electron chi connectivity index (χ1n) is 5.33. The molecule has 0 saturated heterocycles. The van der Waals surface area contributed by atoms with Crippen LogP contribution >= 0.6 is 0 Å². The molecule has 3 fully saturated rings.